The molecule has 2 saturated heterocycles. The van der Waals surface area contributed by atoms with Gasteiger partial charge in [0.05, 0.1) is 11.5 Å². The molecule has 3 aromatic rings. The quantitative estimate of drug-likeness (QED) is 0.385. The molecule has 0 spiro atoms. The largest absolute Gasteiger partial charge is 0.350 e. The fourth-order valence-corrected chi connectivity index (χ4v) is 7.55. The molecule has 3 aromatic carbocycles. The van der Waals surface area contributed by atoms with Crippen molar-refractivity contribution in [1.29, 1.82) is 0 Å². The predicted molar refractivity (Wildman–Crippen MR) is 159 cm³/mol. The lowest BCUT2D eigenvalue weighted by Crippen LogP contribution is -2.55. The Morgan fingerprint density at radius 3 is 2.13 bits per heavy atom. The van der Waals surface area contributed by atoms with Crippen LogP contribution in [-0.2, 0) is 4.79 Å². The molecule has 2 heterocycles. The highest BCUT2D eigenvalue weighted by Gasteiger charge is 2.37. The third-order valence-corrected chi connectivity index (χ3v) is 9.95. The summed E-state index contributed by atoms with van der Waals surface area (Å²) in [4.78, 5) is 32.0. The predicted octanol–water partition coefficient (Wildman–Crippen LogP) is 6.54. The third kappa shape index (κ3) is 5.30. The second-order valence-corrected chi connectivity index (χ2v) is 12.2. The van der Waals surface area contributed by atoms with E-state index in [1.54, 1.807) is 0 Å². The number of piperidine rings is 2. The van der Waals surface area contributed by atoms with Gasteiger partial charge in [0.1, 0.15) is 0 Å². The van der Waals surface area contributed by atoms with E-state index in [-0.39, 0.29) is 23.3 Å². The maximum absolute atomic E-state index is 14.0. The molecule has 1 N–H and O–H groups in total. The Labute approximate surface area is 232 Å². The van der Waals surface area contributed by atoms with Crippen LogP contribution in [0, 0.1) is 5.92 Å². The van der Waals surface area contributed by atoms with Gasteiger partial charge in [0.2, 0.25) is 5.91 Å². The van der Waals surface area contributed by atoms with Crippen molar-refractivity contribution >= 4 is 33.4 Å². The van der Waals surface area contributed by atoms with Crippen LogP contribution in [0.1, 0.15) is 81.5 Å². The molecule has 1 saturated carbocycles. The van der Waals surface area contributed by atoms with Gasteiger partial charge >= 0.3 is 0 Å². The van der Waals surface area contributed by atoms with Gasteiger partial charge in [-0.15, -0.1) is 0 Å². The minimum absolute atomic E-state index is 0.0229. The van der Waals surface area contributed by atoms with Crippen LogP contribution in [0.5, 0.6) is 0 Å². The Balaban J connectivity index is 1.12. The topological polar surface area (TPSA) is 52.7 Å². The van der Waals surface area contributed by atoms with Crippen LogP contribution >= 0.6 is 0 Å². The summed E-state index contributed by atoms with van der Waals surface area (Å²) in [6.45, 7) is 5.70. The van der Waals surface area contributed by atoms with Crippen molar-refractivity contribution in [3.8, 4) is 0 Å². The molecule has 0 bridgehead atoms. The lowest BCUT2D eigenvalue weighted by atomic mass is 9.79. The van der Waals surface area contributed by atoms with E-state index in [0.717, 1.165) is 98.2 Å². The lowest BCUT2D eigenvalue weighted by molar-refractivity contribution is -0.129. The minimum atomic E-state index is 0.0229. The molecule has 39 heavy (non-hydrogen) atoms. The number of benzene rings is 3. The van der Waals surface area contributed by atoms with E-state index in [9.17, 15) is 9.59 Å². The Kier molecular flexibility index (Phi) is 7.61. The number of nitrogens with zero attached hydrogens (tertiary/aromatic N) is 2. The van der Waals surface area contributed by atoms with Gasteiger partial charge < -0.3 is 10.2 Å². The maximum Gasteiger partial charge on any atom is 0.255 e. The van der Waals surface area contributed by atoms with E-state index in [2.05, 4.69) is 52.4 Å². The van der Waals surface area contributed by atoms with Crippen molar-refractivity contribution in [3.05, 3.63) is 60.2 Å². The molecule has 0 aromatic heterocycles. The fraction of sp³-hybridized carbons (Fsp3) is 0.529. The summed E-state index contributed by atoms with van der Waals surface area (Å²) >= 11 is 0. The second-order valence-electron chi connectivity index (χ2n) is 12.2. The first kappa shape index (κ1) is 26.3. The number of rotatable bonds is 5. The molecule has 3 fully saturated rings. The number of carbonyl (C=O) groups is 2. The molecule has 6 rings (SSSR count). The van der Waals surface area contributed by atoms with Crippen molar-refractivity contribution in [2.75, 3.05) is 26.2 Å². The van der Waals surface area contributed by atoms with Crippen molar-refractivity contribution in [2.24, 2.45) is 5.92 Å². The van der Waals surface area contributed by atoms with Gasteiger partial charge in [-0.2, -0.15) is 0 Å². The number of amides is 2. The van der Waals surface area contributed by atoms with Crippen molar-refractivity contribution in [2.45, 2.75) is 82.7 Å². The number of hydrogen-bond acceptors (Lipinski definition) is 3. The molecule has 2 amide bonds. The normalized spacial score (nSPS) is 22.7. The van der Waals surface area contributed by atoms with E-state index in [1.165, 1.54) is 19.3 Å². The standard InChI is InChI=1S/C34H43N3O2/c1-2-34(18-8-3-9-19-34)35-32(38)27-13-10-20-37(24-27)28-16-21-36(22-17-28)33(39)31-29-14-6-4-11-25(29)23-26-12-5-7-15-30(26)31/h4-7,11-12,14-15,23,27-28H,2-3,8-10,13,16-22,24H2,1H3,(H,35,38). The molecule has 1 aliphatic carbocycles. The summed E-state index contributed by atoms with van der Waals surface area (Å²) < 4.78 is 0. The highest BCUT2D eigenvalue weighted by atomic mass is 16.2. The van der Waals surface area contributed by atoms with Crippen LogP contribution in [0.15, 0.2) is 54.6 Å². The first-order valence-corrected chi connectivity index (χ1v) is 15.3. The van der Waals surface area contributed by atoms with Crippen LogP contribution in [0.25, 0.3) is 21.5 Å². The summed E-state index contributed by atoms with van der Waals surface area (Å²) in [6.07, 6.45) is 11.1. The van der Waals surface area contributed by atoms with Crippen LogP contribution in [0.2, 0.25) is 0 Å². The zero-order valence-electron chi connectivity index (χ0n) is 23.5. The fourth-order valence-electron chi connectivity index (χ4n) is 7.55. The summed E-state index contributed by atoms with van der Waals surface area (Å²) in [5, 5.41) is 7.83. The average molecular weight is 526 g/mol. The number of hydrogen-bond donors (Lipinski definition) is 1. The summed E-state index contributed by atoms with van der Waals surface area (Å²) in [5.41, 5.74) is 0.860. The Morgan fingerprint density at radius 2 is 1.49 bits per heavy atom. The van der Waals surface area contributed by atoms with Crippen molar-refractivity contribution in [1.82, 2.24) is 15.1 Å². The highest BCUT2D eigenvalue weighted by Crippen LogP contribution is 2.33. The molecule has 5 nitrogen and oxygen atoms in total. The molecule has 0 radical (unpaired) electrons. The Morgan fingerprint density at radius 1 is 0.846 bits per heavy atom. The maximum atomic E-state index is 14.0. The molecule has 1 atom stereocenters. The average Bonchev–Trinajstić information content (AvgIpc) is 3.00. The van der Waals surface area contributed by atoms with Gasteiger partial charge in [0.25, 0.3) is 5.91 Å². The van der Waals surface area contributed by atoms with E-state index >= 15 is 0 Å². The molecule has 206 valence electrons. The van der Waals surface area contributed by atoms with Gasteiger partial charge in [-0.3, -0.25) is 14.5 Å². The van der Waals surface area contributed by atoms with Crippen LogP contribution < -0.4 is 5.32 Å². The molecular weight excluding hydrogens is 482 g/mol. The first-order valence-electron chi connectivity index (χ1n) is 15.3. The van der Waals surface area contributed by atoms with Crippen molar-refractivity contribution < 1.29 is 9.59 Å². The SMILES string of the molecule is CCC1(NC(=O)C2CCCN(C3CCN(C(=O)c4c5ccccc5cc5ccccc45)CC3)C2)CCCCC1. The van der Waals surface area contributed by atoms with E-state index in [4.69, 9.17) is 0 Å². The van der Waals surface area contributed by atoms with Gasteiger partial charge in [-0.05, 0) is 79.1 Å². The second kappa shape index (κ2) is 11.3. The molecule has 5 heteroatoms. The smallest absolute Gasteiger partial charge is 0.255 e. The van der Waals surface area contributed by atoms with Crippen LogP contribution in [0.3, 0.4) is 0 Å². The first-order chi connectivity index (χ1) is 19.1. The number of carbonyl (C=O) groups excluding carboxylic acids is 2. The van der Waals surface area contributed by atoms with Gasteiger partial charge in [0.15, 0.2) is 0 Å². The zero-order chi connectivity index (χ0) is 26.8. The highest BCUT2D eigenvalue weighted by molar-refractivity contribution is 6.18. The zero-order valence-corrected chi connectivity index (χ0v) is 23.5. The monoisotopic (exact) mass is 525 g/mol. The number of fused-ring (bicyclic) bond motifs is 2. The lowest BCUT2D eigenvalue weighted by Gasteiger charge is -2.43. The van der Waals surface area contributed by atoms with Gasteiger partial charge in [0, 0.05) is 31.2 Å². The molecule has 1 unspecified atom stereocenters. The molecular formula is C34H43N3O2. The van der Waals surface area contributed by atoms with Gasteiger partial charge in [-0.1, -0.05) is 74.7 Å². The van der Waals surface area contributed by atoms with E-state index < -0.39 is 0 Å². The molecule has 3 aliphatic rings. The third-order valence-electron chi connectivity index (χ3n) is 9.95. The van der Waals surface area contributed by atoms with Crippen LogP contribution in [0.4, 0.5) is 0 Å². The summed E-state index contributed by atoms with van der Waals surface area (Å²) in [7, 11) is 0. The van der Waals surface area contributed by atoms with Crippen molar-refractivity contribution in [3.63, 3.8) is 0 Å². The van der Waals surface area contributed by atoms with Crippen LogP contribution in [-0.4, -0.2) is 59.4 Å². The summed E-state index contributed by atoms with van der Waals surface area (Å²) in [5.74, 6) is 0.513. The Bertz CT molecular complexity index is 1280. The minimum Gasteiger partial charge on any atom is -0.350 e. The number of nitrogens with one attached hydrogen (secondary N) is 1. The van der Waals surface area contributed by atoms with E-state index in [1.807, 2.05) is 24.3 Å². The Hall–Kier alpha value is -2.92. The summed E-state index contributed by atoms with van der Waals surface area (Å²) in [6, 6.07) is 19.1. The molecule has 2 aliphatic heterocycles. The number of likely N-dealkylation sites (tertiary alicyclic amines) is 2. The van der Waals surface area contributed by atoms with E-state index in [0.29, 0.717) is 6.04 Å². The van der Waals surface area contributed by atoms with Gasteiger partial charge in [-0.25, -0.2) is 0 Å².